The molecule has 4 bridgehead atoms. The van der Waals surface area contributed by atoms with E-state index in [1.54, 1.807) is 7.11 Å². The van der Waals surface area contributed by atoms with Gasteiger partial charge in [-0.3, -0.25) is 0 Å². The zero-order chi connectivity index (χ0) is 12.1. The second kappa shape index (κ2) is 3.61. The van der Waals surface area contributed by atoms with Gasteiger partial charge in [0.05, 0.1) is 7.11 Å². The van der Waals surface area contributed by atoms with Gasteiger partial charge in [-0.2, -0.15) is 0 Å². The molecule has 4 aliphatic rings. The Morgan fingerprint density at radius 1 is 0.833 bits per heavy atom. The van der Waals surface area contributed by atoms with Gasteiger partial charge < -0.3 is 4.74 Å². The molecule has 1 fully saturated rings. The van der Waals surface area contributed by atoms with Crippen LogP contribution >= 0.6 is 0 Å². The van der Waals surface area contributed by atoms with Crippen LogP contribution in [-0.4, -0.2) is 7.11 Å². The maximum Gasteiger partial charge on any atom is 0.118 e. The average molecular weight is 236 g/mol. The molecule has 90 valence electrons. The Balaban J connectivity index is 1.76. The maximum atomic E-state index is 5.22. The molecule has 0 heterocycles. The Bertz CT molecular complexity index is 542. The Labute approximate surface area is 107 Å². The summed E-state index contributed by atoms with van der Waals surface area (Å²) in [4.78, 5) is 0. The molecular weight excluding hydrogens is 220 g/mol. The first-order valence-corrected chi connectivity index (χ1v) is 6.59. The van der Waals surface area contributed by atoms with Gasteiger partial charge in [0, 0.05) is 5.92 Å². The largest absolute Gasteiger partial charge is 0.497 e. The van der Waals surface area contributed by atoms with Gasteiger partial charge in [0.1, 0.15) is 5.75 Å². The smallest absolute Gasteiger partial charge is 0.118 e. The van der Waals surface area contributed by atoms with E-state index in [0.717, 1.165) is 23.5 Å². The highest BCUT2D eigenvalue weighted by Gasteiger charge is 2.47. The molecule has 1 heteroatoms. The standard InChI is InChI=1S/C17H16O/c1-18-13-6-2-11(3-7-13)16-10-17-14-8-4-12(16)5-9-15(14)17/h2-10,12,14-15,17H,1H3/t12?,14-,15+,17?. The van der Waals surface area contributed by atoms with Crippen molar-refractivity contribution in [2.45, 2.75) is 0 Å². The van der Waals surface area contributed by atoms with Crippen LogP contribution in [-0.2, 0) is 0 Å². The van der Waals surface area contributed by atoms with E-state index in [0.29, 0.717) is 5.92 Å². The van der Waals surface area contributed by atoms with Crippen LogP contribution in [0.5, 0.6) is 5.75 Å². The number of hydrogen-bond donors (Lipinski definition) is 0. The van der Waals surface area contributed by atoms with E-state index >= 15 is 0 Å². The fraction of sp³-hybridized carbons (Fsp3) is 0.294. The summed E-state index contributed by atoms with van der Waals surface area (Å²) < 4.78 is 5.22. The third kappa shape index (κ3) is 1.40. The average Bonchev–Trinajstić information content (AvgIpc) is 3.15. The SMILES string of the molecule is COc1ccc(C2=CC3[C@H]4C=CC2C=C[C@@H]34)cc1. The van der Waals surface area contributed by atoms with Crippen molar-refractivity contribution in [3.63, 3.8) is 0 Å². The molecule has 18 heavy (non-hydrogen) atoms. The highest BCUT2D eigenvalue weighted by molar-refractivity contribution is 5.73. The van der Waals surface area contributed by atoms with Gasteiger partial charge in [0.25, 0.3) is 0 Å². The number of ether oxygens (including phenoxy) is 1. The van der Waals surface area contributed by atoms with E-state index in [2.05, 4.69) is 42.5 Å². The van der Waals surface area contributed by atoms with Gasteiger partial charge in [-0.1, -0.05) is 42.5 Å². The van der Waals surface area contributed by atoms with Crippen molar-refractivity contribution in [3.05, 3.63) is 60.2 Å². The predicted molar refractivity (Wildman–Crippen MR) is 73.2 cm³/mol. The van der Waals surface area contributed by atoms with E-state index in [-0.39, 0.29) is 0 Å². The summed E-state index contributed by atoms with van der Waals surface area (Å²) in [5.74, 6) is 3.65. The van der Waals surface area contributed by atoms with Gasteiger partial charge in [-0.25, -0.2) is 0 Å². The van der Waals surface area contributed by atoms with Crippen LogP contribution < -0.4 is 4.74 Å². The van der Waals surface area contributed by atoms with Gasteiger partial charge in [-0.15, -0.1) is 0 Å². The van der Waals surface area contributed by atoms with Crippen molar-refractivity contribution < 1.29 is 4.74 Å². The minimum Gasteiger partial charge on any atom is -0.497 e. The number of hydrogen-bond acceptors (Lipinski definition) is 1. The lowest BCUT2D eigenvalue weighted by molar-refractivity contribution is 0.415. The lowest BCUT2D eigenvalue weighted by Crippen LogP contribution is -1.96. The molecule has 1 aromatic rings. The summed E-state index contributed by atoms with van der Waals surface area (Å²) in [6.45, 7) is 0. The molecule has 4 aliphatic carbocycles. The molecule has 0 radical (unpaired) electrons. The van der Waals surface area contributed by atoms with E-state index in [9.17, 15) is 0 Å². The Kier molecular flexibility index (Phi) is 2.05. The van der Waals surface area contributed by atoms with E-state index in [1.165, 1.54) is 11.1 Å². The fourth-order valence-electron chi connectivity index (χ4n) is 3.28. The van der Waals surface area contributed by atoms with Crippen LogP contribution in [0.15, 0.2) is 54.6 Å². The second-order valence-corrected chi connectivity index (χ2v) is 5.38. The summed E-state index contributed by atoms with van der Waals surface area (Å²) in [6, 6.07) is 8.43. The van der Waals surface area contributed by atoms with E-state index < -0.39 is 0 Å². The van der Waals surface area contributed by atoms with Gasteiger partial charge in [-0.05, 0) is 41.0 Å². The third-order valence-electron chi connectivity index (χ3n) is 4.43. The molecule has 0 N–H and O–H groups in total. The first-order valence-electron chi connectivity index (χ1n) is 6.59. The van der Waals surface area contributed by atoms with Crippen LogP contribution in [0, 0.1) is 23.7 Å². The van der Waals surface area contributed by atoms with Crippen molar-refractivity contribution in [1.82, 2.24) is 0 Å². The van der Waals surface area contributed by atoms with E-state index in [4.69, 9.17) is 4.74 Å². The van der Waals surface area contributed by atoms with Crippen molar-refractivity contribution in [1.29, 1.82) is 0 Å². The van der Waals surface area contributed by atoms with Crippen LogP contribution in [0.25, 0.3) is 5.57 Å². The van der Waals surface area contributed by atoms with Crippen molar-refractivity contribution in [2.75, 3.05) is 7.11 Å². The molecule has 0 saturated heterocycles. The number of methoxy groups -OCH3 is 1. The Hall–Kier alpha value is -1.76. The first kappa shape index (κ1) is 10.2. The summed E-state index contributed by atoms with van der Waals surface area (Å²) in [5, 5.41) is 0. The molecule has 1 aromatic carbocycles. The molecule has 0 aromatic heterocycles. The Morgan fingerprint density at radius 2 is 1.50 bits per heavy atom. The summed E-state index contributed by atoms with van der Waals surface area (Å²) in [6.07, 6.45) is 12.0. The lowest BCUT2D eigenvalue weighted by Gasteiger charge is -2.13. The van der Waals surface area contributed by atoms with Crippen LogP contribution in [0.3, 0.4) is 0 Å². The highest BCUT2D eigenvalue weighted by Crippen LogP contribution is 2.55. The van der Waals surface area contributed by atoms with Crippen LogP contribution in [0.1, 0.15) is 5.56 Å². The summed E-state index contributed by atoms with van der Waals surface area (Å²) in [5.41, 5.74) is 2.78. The number of allylic oxidation sites excluding steroid dienone is 6. The maximum absolute atomic E-state index is 5.22. The third-order valence-corrected chi connectivity index (χ3v) is 4.43. The second-order valence-electron chi connectivity index (χ2n) is 5.38. The monoisotopic (exact) mass is 236 g/mol. The van der Waals surface area contributed by atoms with Crippen molar-refractivity contribution >= 4 is 5.57 Å². The van der Waals surface area contributed by atoms with E-state index in [1.807, 2.05) is 12.1 Å². The normalized spacial score (nSPS) is 34.8. The topological polar surface area (TPSA) is 9.23 Å². The lowest BCUT2D eigenvalue weighted by atomic mass is 9.92. The minimum atomic E-state index is 0.457. The molecule has 5 rings (SSSR count). The highest BCUT2D eigenvalue weighted by atomic mass is 16.5. The number of rotatable bonds is 2. The predicted octanol–water partition coefficient (Wildman–Crippen LogP) is 3.70. The van der Waals surface area contributed by atoms with Crippen molar-refractivity contribution in [2.24, 2.45) is 23.7 Å². The number of benzene rings is 1. The molecule has 0 aliphatic heterocycles. The quantitative estimate of drug-likeness (QED) is 0.711. The van der Waals surface area contributed by atoms with Crippen LogP contribution in [0.4, 0.5) is 0 Å². The molecule has 2 unspecified atom stereocenters. The van der Waals surface area contributed by atoms with Crippen LogP contribution in [0.2, 0.25) is 0 Å². The minimum absolute atomic E-state index is 0.457. The van der Waals surface area contributed by atoms with Gasteiger partial charge >= 0.3 is 0 Å². The first-order chi connectivity index (χ1) is 8.86. The molecule has 1 nitrogen and oxygen atoms in total. The Morgan fingerprint density at radius 3 is 2.11 bits per heavy atom. The zero-order valence-corrected chi connectivity index (χ0v) is 10.4. The van der Waals surface area contributed by atoms with Gasteiger partial charge in [0.2, 0.25) is 0 Å². The van der Waals surface area contributed by atoms with Crippen molar-refractivity contribution in [3.8, 4) is 5.75 Å². The molecule has 4 atom stereocenters. The summed E-state index contributed by atoms with van der Waals surface area (Å²) in [7, 11) is 1.71. The molecule has 1 saturated carbocycles. The fourth-order valence-corrected chi connectivity index (χ4v) is 3.28. The zero-order valence-electron chi connectivity index (χ0n) is 10.4. The van der Waals surface area contributed by atoms with Gasteiger partial charge in [0.15, 0.2) is 0 Å². The molecule has 0 amide bonds. The molecule has 0 spiro atoms. The summed E-state index contributed by atoms with van der Waals surface area (Å²) >= 11 is 0. The molecular formula is C17H16O.